The molecule has 0 aromatic heterocycles. The fraction of sp³-hybridized carbons (Fsp3) is 0.333. The summed E-state index contributed by atoms with van der Waals surface area (Å²) in [6.07, 6.45) is 1.57. The minimum Gasteiger partial charge on any atom is -0.497 e. The predicted octanol–water partition coefficient (Wildman–Crippen LogP) is 3.89. The topological polar surface area (TPSA) is 69.2 Å². The van der Waals surface area contributed by atoms with E-state index in [0.717, 1.165) is 5.56 Å². The smallest absolute Gasteiger partial charge is 0.271 e. The largest absolute Gasteiger partial charge is 0.497 e. The van der Waals surface area contributed by atoms with Gasteiger partial charge in [-0.1, -0.05) is 13.8 Å². The molecule has 2 rings (SSSR count). The first-order valence-electron chi connectivity index (χ1n) is 8.90. The van der Waals surface area contributed by atoms with E-state index in [2.05, 4.69) is 24.4 Å². The van der Waals surface area contributed by atoms with Crippen molar-refractivity contribution in [3.05, 3.63) is 53.6 Å². The van der Waals surface area contributed by atoms with Crippen molar-refractivity contribution in [3.63, 3.8) is 0 Å². The fourth-order valence-corrected chi connectivity index (χ4v) is 2.22. The van der Waals surface area contributed by atoms with Gasteiger partial charge in [-0.25, -0.2) is 5.43 Å². The minimum atomic E-state index is -0.296. The quantitative estimate of drug-likeness (QED) is 0.537. The summed E-state index contributed by atoms with van der Waals surface area (Å²) in [4.78, 5) is 12.1. The molecule has 0 aliphatic carbocycles. The number of rotatable bonds is 9. The Labute approximate surface area is 160 Å². The van der Waals surface area contributed by atoms with E-state index >= 15 is 0 Å². The number of benzene rings is 2. The van der Waals surface area contributed by atoms with Crippen molar-refractivity contribution in [2.24, 2.45) is 11.0 Å². The van der Waals surface area contributed by atoms with Crippen LogP contribution in [0.1, 0.15) is 36.7 Å². The molecule has 2 aromatic carbocycles. The highest BCUT2D eigenvalue weighted by Crippen LogP contribution is 2.28. The molecule has 0 spiro atoms. The Hall–Kier alpha value is -3.02. The van der Waals surface area contributed by atoms with Crippen molar-refractivity contribution in [3.8, 4) is 17.2 Å². The van der Waals surface area contributed by atoms with Crippen molar-refractivity contribution >= 4 is 12.1 Å². The van der Waals surface area contributed by atoms with Crippen LogP contribution in [-0.2, 0) is 0 Å². The van der Waals surface area contributed by atoms with Crippen molar-refractivity contribution < 1.29 is 19.0 Å². The number of carbonyl (C=O) groups excluding carboxylic acids is 1. The molecular formula is C21H26N2O4. The van der Waals surface area contributed by atoms with E-state index < -0.39 is 0 Å². The van der Waals surface area contributed by atoms with Crippen LogP contribution < -0.4 is 19.6 Å². The van der Waals surface area contributed by atoms with E-state index in [1.807, 2.05) is 25.1 Å². The van der Waals surface area contributed by atoms with Crippen LogP contribution in [0.5, 0.6) is 17.2 Å². The van der Waals surface area contributed by atoms with E-state index in [-0.39, 0.29) is 5.91 Å². The van der Waals surface area contributed by atoms with Gasteiger partial charge in [-0.15, -0.1) is 0 Å². The molecule has 6 heteroatoms. The summed E-state index contributed by atoms with van der Waals surface area (Å²) in [5.74, 6) is 2.18. The molecule has 27 heavy (non-hydrogen) atoms. The van der Waals surface area contributed by atoms with Gasteiger partial charge in [-0.2, -0.15) is 5.10 Å². The van der Waals surface area contributed by atoms with Gasteiger partial charge in [0.1, 0.15) is 5.75 Å². The normalized spacial score (nSPS) is 10.9. The molecule has 0 saturated heterocycles. The SMILES string of the molecule is CCOc1cc(/C=N\NC(=O)c2ccc(OC)cc2)ccc1OCC(C)C. The molecule has 0 unspecified atom stereocenters. The standard InChI is InChI=1S/C21H26N2O4/c1-5-26-20-12-16(6-11-19(20)27-14-15(2)3)13-22-23-21(24)17-7-9-18(25-4)10-8-17/h6-13,15H,5,14H2,1-4H3,(H,23,24)/b22-13-. The molecule has 0 aliphatic rings. The van der Waals surface area contributed by atoms with E-state index in [1.54, 1.807) is 37.6 Å². The Balaban J connectivity index is 2.02. The van der Waals surface area contributed by atoms with Crippen LogP contribution >= 0.6 is 0 Å². The number of methoxy groups -OCH3 is 1. The number of ether oxygens (including phenoxy) is 3. The highest BCUT2D eigenvalue weighted by Gasteiger charge is 2.07. The zero-order valence-corrected chi connectivity index (χ0v) is 16.2. The first kappa shape index (κ1) is 20.3. The number of nitrogens with zero attached hydrogens (tertiary/aromatic N) is 1. The summed E-state index contributed by atoms with van der Waals surface area (Å²) in [5, 5.41) is 4.01. The number of nitrogens with one attached hydrogen (secondary N) is 1. The number of hydrogen-bond donors (Lipinski definition) is 1. The van der Waals surface area contributed by atoms with Gasteiger partial charge < -0.3 is 14.2 Å². The number of hydrazone groups is 1. The molecule has 0 heterocycles. The van der Waals surface area contributed by atoms with E-state index in [1.165, 1.54) is 0 Å². The third-order valence-electron chi connectivity index (χ3n) is 3.57. The van der Waals surface area contributed by atoms with Crippen LogP contribution in [0.2, 0.25) is 0 Å². The van der Waals surface area contributed by atoms with Crippen molar-refractivity contribution in [1.82, 2.24) is 5.43 Å². The Bertz CT molecular complexity index is 770. The number of amides is 1. The molecule has 1 N–H and O–H groups in total. The van der Waals surface area contributed by atoms with Gasteiger partial charge in [0, 0.05) is 5.56 Å². The average Bonchev–Trinajstić information content (AvgIpc) is 2.67. The van der Waals surface area contributed by atoms with Gasteiger partial charge in [0.2, 0.25) is 0 Å². The molecule has 144 valence electrons. The zero-order chi connectivity index (χ0) is 19.6. The van der Waals surface area contributed by atoms with Crippen molar-refractivity contribution in [2.75, 3.05) is 20.3 Å². The summed E-state index contributed by atoms with van der Waals surface area (Å²) in [7, 11) is 1.58. The maximum absolute atomic E-state index is 12.1. The summed E-state index contributed by atoms with van der Waals surface area (Å²) in [5.41, 5.74) is 3.81. The van der Waals surface area contributed by atoms with Crippen LogP contribution in [0.15, 0.2) is 47.6 Å². The summed E-state index contributed by atoms with van der Waals surface area (Å²) < 4.78 is 16.5. The summed E-state index contributed by atoms with van der Waals surface area (Å²) >= 11 is 0. The second-order valence-electron chi connectivity index (χ2n) is 6.27. The maximum Gasteiger partial charge on any atom is 0.271 e. The monoisotopic (exact) mass is 370 g/mol. The molecule has 0 bridgehead atoms. The van der Waals surface area contributed by atoms with Gasteiger partial charge in [0.05, 0.1) is 26.5 Å². The Kier molecular flexibility index (Phi) is 7.67. The van der Waals surface area contributed by atoms with Crippen LogP contribution in [0, 0.1) is 5.92 Å². The van der Waals surface area contributed by atoms with E-state index in [4.69, 9.17) is 14.2 Å². The lowest BCUT2D eigenvalue weighted by atomic mass is 10.2. The molecule has 0 radical (unpaired) electrons. The second kappa shape index (κ2) is 10.2. The Morgan fingerprint density at radius 1 is 1.11 bits per heavy atom. The van der Waals surface area contributed by atoms with E-state index in [9.17, 15) is 4.79 Å². The number of hydrogen-bond acceptors (Lipinski definition) is 5. The fourth-order valence-electron chi connectivity index (χ4n) is 2.22. The van der Waals surface area contributed by atoms with Crippen LogP contribution in [0.4, 0.5) is 0 Å². The summed E-state index contributed by atoms with van der Waals surface area (Å²) in [6, 6.07) is 12.4. The molecule has 0 fully saturated rings. The Morgan fingerprint density at radius 2 is 1.85 bits per heavy atom. The molecule has 0 atom stereocenters. The van der Waals surface area contributed by atoms with Gasteiger partial charge in [-0.05, 0) is 60.9 Å². The van der Waals surface area contributed by atoms with Crippen molar-refractivity contribution in [2.45, 2.75) is 20.8 Å². The molecule has 0 aliphatic heterocycles. The molecule has 1 amide bonds. The third-order valence-corrected chi connectivity index (χ3v) is 3.57. The van der Waals surface area contributed by atoms with Crippen molar-refractivity contribution in [1.29, 1.82) is 0 Å². The van der Waals surface area contributed by atoms with Gasteiger partial charge >= 0.3 is 0 Å². The lowest BCUT2D eigenvalue weighted by molar-refractivity contribution is 0.0955. The lowest BCUT2D eigenvalue weighted by Gasteiger charge is -2.13. The zero-order valence-electron chi connectivity index (χ0n) is 16.2. The van der Waals surface area contributed by atoms with Crippen LogP contribution in [0.25, 0.3) is 0 Å². The third kappa shape index (κ3) is 6.33. The van der Waals surface area contributed by atoms with Gasteiger partial charge in [-0.3, -0.25) is 4.79 Å². The lowest BCUT2D eigenvalue weighted by Crippen LogP contribution is -2.17. The number of carbonyl (C=O) groups is 1. The maximum atomic E-state index is 12.1. The van der Waals surface area contributed by atoms with Crippen LogP contribution in [-0.4, -0.2) is 32.4 Å². The molecule has 6 nitrogen and oxygen atoms in total. The van der Waals surface area contributed by atoms with Gasteiger partial charge in [0.25, 0.3) is 5.91 Å². The second-order valence-corrected chi connectivity index (χ2v) is 6.27. The molecule has 0 saturated carbocycles. The van der Waals surface area contributed by atoms with Gasteiger partial charge in [0.15, 0.2) is 11.5 Å². The highest BCUT2D eigenvalue weighted by molar-refractivity contribution is 5.95. The average molecular weight is 370 g/mol. The predicted molar refractivity (Wildman–Crippen MR) is 106 cm³/mol. The minimum absolute atomic E-state index is 0.296. The summed E-state index contributed by atoms with van der Waals surface area (Å²) in [6.45, 7) is 7.25. The first-order chi connectivity index (χ1) is 13.0. The first-order valence-corrected chi connectivity index (χ1v) is 8.90. The highest BCUT2D eigenvalue weighted by atomic mass is 16.5. The molecule has 2 aromatic rings. The van der Waals surface area contributed by atoms with Crippen LogP contribution in [0.3, 0.4) is 0 Å². The Morgan fingerprint density at radius 3 is 2.48 bits per heavy atom. The van der Waals surface area contributed by atoms with E-state index in [0.29, 0.717) is 41.9 Å². The molecular weight excluding hydrogens is 344 g/mol.